The van der Waals surface area contributed by atoms with Gasteiger partial charge in [-0.3, -0.25) is 0 Å². The third-order valence-electron chi connectivity index (χ3n) is 2.91. The van der Waals surface area contributed by atoms with Gasteiger partial charge in [0.25, 0.3) is 0 Å². The molecule has 1 aromatic heterocycles. The van der Waals surface area contributed by atoms with Gasteiger partial charge in [-0.15, -0.1) is 11.3 Å². The van der Waals surface area contributed by atoms with Gasteiger partial charge in [-0.2, -0.15) is 18.4 Å². The lowest BCUT2D eigenvalue weighted by Gasteiger charge is -2.19. The van der Waals surface area contributed by atoms with Gasteiger partial charge in [0.2, 0.25) is 0 Å². The first-order valence-corrected chi connectivity index (χ1v) is 7.19. The summed E-state index contributed by atoms with van der Waals surface area (Å²) >= 11 is 7.14. The third-order valence-corrected chi connectivity index (χ3v) is 4.02. The van der Waals surface area contributed by atoms with Crippen LogP contribution in [-0.2, 0) is 6.18 Å². The maximum absolute atomic E-state index is 13.1. The Kier molecular flexibility index (Phi) is 4.45. The zero-order chi connectivity index (χ0) is 15.6. The second kappa shape index (κ2) is 5.96. The molecule has 0 saturated heterocycles. The van der Waals surface area contributed by atoms with E-state index in [2.05, 4.69) is 5.32 Å². The maximum Gasteiger partial charge on any atom is 0.418 e. The van der Waals surface area contributed by atoms with Gasteiger partial charge in [0.1, 0.15) is 0 Å². The summed E-state index contributed by atoms with van der Waals surface area (Å²) in [6.07, 6.45) is -4.53. The largest absolute Gasteiger partial charge is 0.418 e. The molecule has 0 radical (unpaired) electrons. The van der Waals surface area contributed by atoms with Gasteiger partial charge in [0.05, 0.1) is 21.5 Å². The number of anilines is 1. The van der Waals surface area contributed by atoms with E-state index in [1.165, 1.54) is 23.5 Å². The van der Waals surface area contributed by atoms with Crippen LogP contribution in [0.4, 0.5) is 18.9 Å². The summed E-state index contributed by atoms with van der Waals surface area (Å²) in [5.41, 5.74) is -0.132. The minimum absolute atomic E-state index is 0.0286. The second-order valence-electron chi connectivity index (χ2n) is 4.42. The lowest BCUT2D eigenvalue weighted by molar-refractivity contribution is -0.137. The van der Waals surface area contributed by atoms with E-state index in [0.29, 0.717) is 4.34 Å². The first kappa shape index (κ1) is 15.7. The number of rotatable bonds is 3. The van der Waals surface area contributed by atoms with E-state index in [9.17, 15) is 13.2 Å². The van der Waals surface area contributed by atoms with Crippen molar-refractivity contribution in [2.24, 2.45) is 0 Å². The van der Waals surface area contributed by atoms with Crippen LogP contribution >= 0.6 is 22.9 Å². The molecule has 0 bridgehead atoms. The molecule has 1 heterocycles. The van der Waals surface area contributed by atoms with Crippen LogP contribution in [-0.4, -0.2) is 0 Å². The van der Waals surface area contributed by atoms with Gasteiger partial charge in [-0.05, 0) is 42.1 Å². The Hall–Kier alpha value is -1.71. The minimum atomic E-state index is -4.53. The van der Waals surface area contributed by atoms with Crippen molar-refractivity contribution in [3.05, 3.63) is 50.7 Å². The molecule has 0 spiro atoms. The quantitative estimate of drug-likeness (QED) is 0.810. The number of alkyl halides is 3. The van der Waals surface area contributed by atoms with Gasteiger partial charge in [-0.1, -0.05) is 11.6 Å². The molecular formula is C14H10ClF3N2S. The molecule has 1 atom stereocenters. The lowest BCUT2D eigenvalue weighted by atomic mass is 10.1. The summed E-state index contributed by atoms with van der Waals surface area (Å²) in [6, 6.07) is 6.55. The van der Waals surface area contributed by atoms with Gasteiger partial charge < -0.3 is 5.32 Å². The summed E-state index contributed by atoms with van der Waals surface area (Å²) in [7, 11) is 0. The van der Waals surface area contributed by atoms with Crippen LogP contribution in [0.5, 0.6) is 0 Å². The van der Waals surface area contributed by atoms with Crippen molar-refractivity contribution >= 4 is 28.6 Å². The fraction of sp³-hybridized carbons (Fsp3) is 0.214. The van der Waals surface area contributed by atoms with Crippen LogP contribution < -0.4 is 5.32 Å². The Morgan fingerprint density at radius 2 is 2.05 bits per heavy atom. The third kappa shape index (κ3) is 3.69. The Bertz CT molecular complexity index is 688. The van der Waals surface area contributed by atoms with Crippen molar-refractivity contribution in [3.63, 3.8) is 0 Å². The van der Waals surface area contributed by atoms with E-state index in [1.807, 2.05) is 0 Å². The fourth-order valence-electron chi connectivity index (χ4n) is 1.84. The monoisotopic (exact) mass is 330 g/mol. The second-order valence-corrected chi connectivity index (χ2v) is 5.96. The Balaban J connectivity index is 2.33. The number of hydrogen-bond donors (Lipinski definition) is 1. The standard InChI is InChI=1S/C14H10ClF3N2S/c1-8(10-5-13(15)21-7-10)20-12-3-2-9(6-19)4-11(12)14(16,17)18/h2-5,7-8,20H,1H3. The van der Waals surface area contributed by atoms with Crippen LogP contribution in [0.2, 0.25) is 4.34 Å². The summed E-state index contributed by atoms with van der Waals surface area (Å²) in [4.78, 5) is 0. The Morgan fingerprint density at radius 3 is 2.57 bits per heavy atom. The number of benzene rings is 1. The van der Waals surface area contributed by atoms with Gasteiger partial charge in [-0.25, -0.2) is 0 Å². The maximum atomic E-state index is 13.1. The predicted molar refractivity (Wildman–Crippen MR) is 77.5 cm³/mol. The number of halogens is 4. The van der Waals surface area contributed by atoms with E-state index >= 15 is 0 Å². The fourth-order valence-corrected chi connectivity index (χ4v) is 2.83. The molecule has 0 aliphatic carbocycles. The molecule has 21 heavy (non-hydrogen) atoms. The van der Waals surface area contributed by atoms with E-state index < -0.39 is 11.7 Å². The molecule has 7 heteroatoms. The Morgan fingerprint density at radius 1 is 1.33 bits per heavy atom. The van der Waals surface area contributed by atoms with Gasteiger partial charge in [0.15, 0.2) is 0 Å². The van der Waals surface area contributed by atoms with Crippen molar-refractivity contribution in [3.8, 4) is 6.07 Å². The smallest absolute Gasteiger partial charge is 0.378 e. The lowest BCUT2D eigenvalue weighted by Crippen LogP contribution is -2.13. The molecule has 1 unspecified atom stereocenters. The highest BCUT2D eigenvalue weighted by atomic mass is 35.5. The van der Waals surface area contributed by atoms with E-state index in [-0.39, 0.29) is 17.3 Å². The highest BCUT2D eigenvalue weighted by Gasteiger charge is 2.34. The number of nitriles is 1. The molecule has 2 aromatic rings. The number of hydrogen-bond acceptors (Lipinski definition) is 3. The number of thiophene rings is 1. The highest BCUT2D eigenvalue weighted by Crippen LogP contribution is 2.37. The average Bonchev–Trinajstić information content (AvgIpc) is 2.84. The molecule has 0 amide bonds. The van der Waals surface area contributed by atoms with Crippen molar-refractivity contribution in [1.82, 2.24) is 0 Å². The molecule has 2 nitrogen and oxygen atoms in total. The summed E-state index contributed by atoms with van der Waals surface area (Å²) in [6.45, 7) is 1.75. The first-order valence-electron chi connectivity index (χ1n) is 5.93. The molecule has 110 valence electrons. The zero-order valence-corrected chi connectivity index (χ0v) is 12.4. The summed E-state index contributed by atoms with van der Waals surface area (Å²) < 4.78 is 39.7. The highest BCUT2D eigenvalue weighted by molar-refractivity contribution is 7.14. The molecule has 2 rings (SSSR count). The molecule has 0 saturated carbocycles. The summed E-state index contributed by atoms with van der Waals surface area (Å²) in [5.74, 6) is 0. The van der Waals surface area contributed by atoms with Gasteiger partial charge >= 0.3 is 6.18 Å². The molecule has 0 fully saturated rings. The van der Waals surface area contributed by atoms with Gasteiger partial charge in [0, 0.05) is 11.7 Å². The van der Waals surface area contributed by atoms with Crippen molar-refractivity contribution in [2.75, 3.05) is 5.32 Å². The molecule has 1 aromatic carbocycles. The van der Waals surface area contributed by atoms with Crippen molar-refractivity contribution in [2.45, 2.75) is 19.1 Å². The molecular weight excluding hydrogens is 321 g/mol. The van der Waals surface area contributed by atoms with Crippen LogP contribution in [0, 0.1) is 11.3 Å². The Labute approximate surface area is 128 Å². The predicted octanol–water partition coefficient (Wildman–Crippen LogP) is 5.47. The van der Waals surface area contributed by atoms with E-state index in [4.69, 9.17) is 16.9 Å². The van der Waals surface area contributed by atoms with E-state index in [0.717, 1.165) is 11.6 Å². The van der Waals surface area contributed by atoms with Crippen LogP contribution in [0.25, 0.3) is 0 Å². The molecule has 1 N–H and O–H groups in total. The van der Waals surface area contributed by atoms with Crippen LogP contribution in [0.3, 0.4) is 0 Å². The SMILES string of the molecule is CC(Nc1ccc(C#N)cc1C(F)(F)F)c1csc(Cl)c1. The zero-order valence-electron chi connectivity index (χ0n) is 10.8. The molecule has 0 aliphatic rings. The number of nitrogens with zero attached hydrogens (tertiary/aromatic N) is 1. The van der Waals surface area contributed by atoms with Crippen LogP contribution in [0.1, 0.15) is 29.7 Å². The summed E-state index contributed by atoms with van der Waals surface area (Å²) in [5, 5.41) is 13.3. The van der Waals surface area contributed by atoms with Crippen molar-refractivity contribution in [1.29, 1.82) is 5.26 Å². The van der Waals surface area contributed by atoms with E-state index in [1.54, 1.807) is 24.4 Å². The molecule has 0 aliphatic heterocycles. The topological polar surface area (TPSA) is 35.8 Å². The average molecular weight is 331 g/mol. The number of nitrogens with one attached hydrogen (secondary N) is 1. The normalized spacial score (nSPS) is 12.8. The minimum Gasteiger partial charge on any atom is -0.378 e. The van der Waals surface area contributed by atoms with Crippen molar-refractivity contribution < 1.29 is 13.2 Å². The van der Waals surface area contributed by atoms with Crippen LogP contribution in [0.15, 0.2) is 29.6 Å². The first-order chi connectivity index (χ1) is 9.81.